The van der Waals surface area contributed by atoms with Crippen LogP contribution in [-0.4, -0.2) is 23.2 Å². The van der Waals surface area contributed by atoms with Crippen LogP contribution in [0.2, 0.25) is 0 Å². The smallest absolute Gasteiger partial charge is 0.311 e. The van der Waals surface area contributed by atoms with Crippen molar-refractivity contribution in [1.29, 1.82) is 0 Å². The van der Waals surface area contributed by atoms with Crippen LogP contribution in [0.3, 0.4) is 0 Å². The Morgan fingerprint density at radius 3 is 2.60 bits per heavy atom. The van der Waals surface area contributed by atoms with Gasteiger partial charge in [0.1, 0.15) is 5.69 Å². The minimum Gasteiger partial charge on any atom is -0.466 e. The van der Waals surface area contributed by atoms with Gasteiger partial charge in [-0.1, -0.05) is 36.4 Å². The summed E-state index contributed by atoms with van der Waals surface area (Å²) >= 11 is 0. The molecule has 7 heteroatoms. The van der Waals surface area contributed by atoms with Crippen LogP contribution in [0.15, 0.2) is 53.6 Å². The zero-order valence-electron chi connectivity index (χ0n) is 14.1. The Bertz CT molecular complexity index is 788. The van der Waals surface area contributed by atoms with E-state index in [2.05, 4.69) is 10.5 Å². The summed E-state index contributed by atoms with van der Waals surface area (Å²) in [5.74, 6) is -0.412. The molecule has 2 rings (SSSR count). The van der Waals surface area contributed by atoms with Crippen LogP contribution in [0.5, 0.6) is 0 Å². The molecule has 0 fully saturated rings. The van der Waals surface area contributed by atoms with Crippen LogP contribution in [0.1, 0.15) is 24.5 Å². The van der Waals surface area contributed by atoms with Gasteiger partial charge in [-0.25, -0.2) is 0 Å². The molecule has 2 aromatic carbocycles. The maximum atomic E-state index is 11.8. The predicted molar refractivity (Wildman–Crippen MR) is 95.7 cm³/mol. The van der Waals surface area contributed by atoms with Crippen molar-refractivity contribution in [1.82, 2.24) is 0 Å². The maximum absolute atomic E-state index is 11.8. The third kappa shape index (κ3) is 5.13. The Balaban J connectivity index is 2.32. The first-order valence-electron chi connectivity index (χ1n) is 7.80. The number of nitro benzene ring substituents is 1. The van der Waals surface area contributed by atoms with Crippen molar-refractivity contribution in [2.24, 2.45) is 5.10 Å². The summed E-state index contributed by atoms with van der Waals surface area (Å²) in [5.41, 5.74) is 4.83. The number of ether oxygens (including phenoxy) is 1. The fourth-order valence-corrected chi connectivity index (χ4v) is 2.20. The van der Waals surface area contributed by atoms with Crippen molar-refractivity contribution in [2.45, 2.75) is 20.3 Å². The van der Waals surface area contributed by atoms with E-state index in [-0.39, 0.29) is 24.4 Å². The van der Waals surface area contributed by atoms with Gasteiger partial charge in [0.15, 0.2) is 0 Å². The van der Waals surface area contributed by atoms with E-state index in [1.54, 1.807) is 26.0 Å². The van der Waals surface area contributed by atoms with E-state index in [9.17, 15) is 14.9 Å². The number of carbonyl (C=O) groups is 1. The first kappa shape index (κ1) is 18.1. The minimum absolute atomic E-state index is 0.0372. The number of hydrogen-bond acceptors (Lipinski definition) is 6. The van der Waals surface area contributed by atoms with Gasteiger partial charge < -0.3 is 4.74 Å². The van der Waals surface area contributed by atoms with Crippen molar-refractivity contribution in [2.75, 3.05) is 12.0 Å². The number of nitrogens with zero attached hydrogens (tertiary/aromatic N) is 2. The Morgan fingerprint density at radius 2 is 1.96 bits per heavy atom. The fourth-order valence-electron chi connectivity index (χ4n) is 2.20. The van der Waals surface area contributed by atoms with Crippen LogP contribution in [-0.2, 0) is 9.53 Å². The molecule has 25 heavy (non-hydrogen) atoms. The lowest BCUT2D eigenvalue weighted by Gasteiger charge is -2.08. The average Bonchev–Trinajstić information content (AvgIpc) is 2.60. The number of hydrogen-bond donors (Lipinski definition) is 1. The lowest BCUT2D eigenvalue weighted by molar-refractivity contribution is -0.384. The summed E-state index contributed by atoms with van der Waals surface area (Å²) in [6.07, 6.45) is -0.0372. The molecule has 7 nitrogen and oxygen atoms in total. The Morgan fingerprint density at radius 1 is 1.24 bits per heavy atom. The fraction of sp³-hybridized carbons (Fsp3) is 0.222. The highest BCUT2D eigenvalue weighted by Crippen LogP contribution is 2.25. The van der Waals surface area contributed by atoms with E-state index in [0.717, 1.165) is 11.1 Å². The van der Waals surface area contributed by atoms with Gasteiger partial charge in [-0.15, -0.1) is 0 Å². The molecule has 0 aliphatic rings. The van der Waals surface area contributed by atoms with Gasteiger partial charge in [0.2, 0.25) is 0 Å². The number of rotatable bonds is 7. The molecule has 0 heterocycles. The molecule has 1 N–H and O–H groups in total. The van der Waals surface area contributed by atoms with Crippen LogP contribution in [0, 0.1) is 17.0 Å². The van der Waals surface area contributed by atoms with Crippen LogP contribution in [0.4, 0.5) is 11.4 Å². The van der Waals surface area contributed by atoms with Crippen molar-refractivity contribution in [3.63, 3.8) is 0 Å². The number of nitro groups is 1. The standard InChI is InChI=1S/C18H19N3O4/c1-3-25-18(22)12-16(14-7-5-4-6-8-14)20-19-15-10-9-13(2)11-17(15)21(23)24/h4-11,19H,3,12H2,1-2H3. The predicted octanol–water partition coefficient (Wildman–Crippen LogP) is 3.67. The topological polar surface area (TPSA) is 93.8 Å². The Hall–Kier alpha value is -3.22. The molecule has 0 unspecified atom stereocenters. The molecule has 0 amide bonds. The second-order valence-electron chi connectivity index (χ2n) is 5.30. The molecule has 0 radical (unpaired) electrons. The van der Waals surface area contributed by atoms with Gasteiger partial charge in [0.25, 0.3) is 5.69 Å². The summed E-state index contributed by atoms with van der Waals surface area (Å²) in [6, 6.07) is 13.9. The molecular weight excluding hydrogens is 322 g/mol. The molecule has 0 aromatic heterocycles. The number of anilines is 1. The number of hydrazone groups is 1. The first-order chi connectivity index (χ1) is 12.0. The summed E-state index contributed by atoms with van der Waals surface area (Å²) in [7, 11) is 0. The highest BCUT2D eigenvalue weighted by Gasteiger charge is 2.15. The van der Waals surface area contributed by atoms with E-state index in [1.807, 2.05) is 30.3 Å². The molecule has 130 valence electrons. The Kier molecular flexibility index (Phi) is 6.22. The highest BCUT2D eigenvalue weighted by atomic mass is 16.6. The normalized spacial score (nSPS) is 11.0. The molecule has 0 atom stereocenters. The van der Waals surface area contributed by atoms with E-state index in [4.69, 9.17) is 4.74 Å². The van der Waals surface area contributed by atoms with E-state index in [1.165, 1.54) is 6.07 Å². The van der Waals surface area contributed by atoms with Gasteiger partial charge in [0.05, 0.1) is 23.7 Å². The van der Waals surface area contributed by atoms with Crippen LogP contribution >= 0.6 is 0 Å². The number of carbonyl (C=O) groups excluding carboxylic acids is 1. The summed E-state index contributed by atoms with van der Waals surface area (Å²) < 4.78 is 4.97. The van der Waals surface area contributed by atoms with Gasteiger partial charge in [-0.3, -0.25) is 20.3 Å². The summed E-state index contributed by atoms with van der Waals surface area (Å²) in [6.45, 7) is 3.78. The second-order valence-corrected chi connectivity index (χ2v) is 5.30. The second kappa shape index (κ2) is 8.58. The highest BCUT2D eigenvalue weighted by molar-refractivity contribution is 6.09. The number of nitrogens with one attached hydrogen (secondary N) is 1. The number of aryl methyl sites for hydroxylation is 1. The molecule has 0 spiro atoms. The average molecular weight is 341 g/mol. The van der Waals surface area contributed by atoms with Crippen molar-refractivity contribution >= 4 is 23.1 Å². The molecule has 2 aromatic rings. The number of benzene rings is 2. The molecule has 0 aliphatic carbocycles. The molecular formula is C18H19N3O4. The third-order valence-corrected chi connectivity index (χ3v) is 3.39. The molecule has 0 aliphatic heterocycles. The molecule has 0 saturated heterocycles. The number of esters is 1. The lowest BCUT2D eigenvalue weighted by atomic mass is 10.1. The zero-order chi connectivity index (χ0) is 18.2. The van der Waals surface area contributed by atoms with E-state index >= 15 is 0 Å². The minimum atomic E-state index is -0.474. The maximum Gasteiger partial charge on any atom is 0.311 e. The SMILES string of the molecule is CCOC(=O)CC(=NNc1ccc(C)cc1[N+](=O)[O-])c1ccccc1. The van der Waals surface area contributed by atoms with Crippen LogP contribution < -0.4 is 5.43 Å². The van der Waals surface area contributed by atoms with Gasteiger partial charge in [-0.05, 0) is 31.0 Å². The largest absolute Gasteiger partial charge is 0.466 e. The van der Waals surface area contributed by atoms with Crippen molar-refractivity contribution in [3.05, 3.63) is 69.8 Å². The van der Waals surface area contributed by atoms with Crippen LogP contribution in [0.25, 0.3) is 0 Å². The molecule has 0 bridgehead atoms. The first-order valence-corrected chi connectivity index (χ1v) is 7.80. The van der Waals surface area contributed by atoms with E-state index in [0.29, 0.717) is 5.71 Å². The van der Waals surface area contributed by atoms with E-state index < -0.39 is 10.9 Å². The van der Waals surface area contributed by atoms with Gasteiger partial charge >= 0.3 is 5.97 Å². The van der Waals surface area contributed by atoms with Gasteiger partial charge in [-0.2, -0.15) is 5.10 Å². The zero-order valence-corrected chi connectivity index (χ0v) is 14.1. The summed E-state index contributed by atoms with van der Waals surface area (Å²) in [5, 5.41) is 15.4. The third-order valence-electron chi connectivity index (χ3n) is 3.39. The Labute approximate surface area is 145 Å². The quantitative estimate of drug-likeness (QED) is 0.359. The molecule has 0 saturated carbocycles. The van der Waals surface area contributed by atoms with Crippen molar-refractivity contribution < 1.29 is 14.5 Å². The summed E-state index contributed by atoms with van der Waals surface area (Å²) in [4.78, 5) is 22.5. The van der Waals surface area contributed by atoms with Crippen molar-refractivity contribution in [3.8, 4) is 0 Å². The lowest BCUT2D eigenvalue weighted by Crippen LogP contribution is -2.14. The van der Waals surface area contributed by atoms with Gasteiger partial charge in [0, 0.05) is 6.07 Å². The monoisotopic (exact) mass is 341 g/mol.